The summed E-state index contributed by atoms with van der Waals surface area (Å²) >= 11 is 0. The minimum Gasteiger partial charge on any atom is -0.489 e. The second kappa shape index (κ2) is 7.27. The normalized spacial score (nSPS) is 20.8. The fraction of sp³-hybridized carbons (Fsp3) is 0.304. The summed E-state index contributed by atoms with van der Waals surface area (Å²) in [5, 5.41) is 13.7. The number of nitrogens with one attached hydrogen (secondary N) is 2. The van der Waals surface area contributed by atoms with Crippen LogP contribution in [-0.4, -0.2) is 40.7 Å². The van der Waals surface area contributed by atoms with Gasteiger partial charge in [0, 0.05) is 7.05 Å². The van der Waals surface area contributed by atoms with Gasteiger partial charge in [-0.05, 0) is 30.5 Å². The van der Waals surface area contributed by atoms with E-state index in [0.717, 1.165) is 18.7 Å². The lowest BCUT2D eigenvalue weighted by Crippen LogP contribution is -2.48. The number of fused-ring (bicyclic) bond motifs is 1. The summed E-state index contributed by atoms with van der Waals surface area (Å²) in [5.41, 5.74) is 2.36. The number of carbonyl (C=O) groups excluding carboxylic acids is 1. The van der Waals surface area contributed by atoms with Crippen molar-refractivity contribution in [2.75, 3.05) is 18.6 Å². The highest BCUT2D eigenvalue weighted by molar-refractivity contribution is 5.98. The molecule has 2 heterocycles. The number of benzene rings is 2. The summed E-state index contributed by atoms with van der Waals surface area (Å²) in [6.45, 7) is 0.131. The van der Waals surface area contributed by atoms with Crippen molar-refractivity contribution in [3.05, 3.63) is 77.9 Å². The van der Waals surface area contributed by atoms with Crippen molar-refractivity contribution < 1.29 is 14.6 Å². The van der Waals surface area contributed by atoms with Crippen molar-refractivity contribution in [2.45, 2.75) is 30.5 Å². The molecule has 1 amide bonds. The van der Waals surface area contributed by atoms with Gasteiger partial charge in [-0.1, -0.05) is 42.5 Å². The summed E-state index contributed by atoms with van der Waals surface area (Å²) < 4.78 is 5.80. The van der Waals surface area contributed by atoms with E-state index in [4.69, 9.17) is 4.74 Å². The molecule has 3 N–H and O–H groups in total. The van der Waals surface area contributed by atoms with Gasteiger partial charge in [-0.25, -0.2) is 4.98 Å². The maximum atomic E-state index is 12.9. The number of ether oxygens (including phenoxy) is 1. The fourth-order valence-electron chi connectivity index (χ4n) is 4.11. The minimum atomic E-state index is -1.06. The molecule has 30 heavy (non-hydrogen) atoms. The van der Waals surface area contributed by atoms with Crippen molar-refractivity contribution in [2.24, 2.45) is 0 Å². The standard InChI is InChI=1S/C23H24N4O3/c1-27-18-9-5-6-10-19(18)30-14-17(21(27)29)25-20(28)16-13-24-22(26-16)23(11-12-23)15-7-3-2-4-8-15/h2-10,13,17,20,25,28H,11-12,14H2,1H3,(H,24,26)/t17-,20?/m0/s1. The molecule has 1 aliphatic heterocycles. The summed E-state index contributed by atoms with van der Waals surface area (Å²) in [7, 11) is 1.71. The van der Waals surface area contributed by atoms with Crippen molar-refractivity contribution in [3.8, 4) is 5.75 Å². The zero-order chi connectivity index (χ0) is 20.7. The number of hydrogen-bond acceptors (Lipinski definition) is 5. The number of aliphatic hydroxyl groups excluding tert-OH is 1. The second-order valence-corrected chi connectivity index (χ2v) is 7.93. The number of H-pyrrole nitrogens is 1. The molecule has 2 atom stereocenters. The molecule has 1 aliphatic carbocycles. The average molecular weight is 404 g/mol. The van der Waals surface area contributed by atoms with Gasteiger partial charge in [-0.15, -0.1) is 0 Å². The Morgan fingerprint density at radius 1 is 1.20 bits per heavy atom. The van der Waals surface area contributed by atoms with Crippen molar-refractivity contribution in [1.82, 2.24) is 15.3 Å². The van der Waals surface area contributed by atoms with Crippen LogP contribution < -0.4 is 15.0 Å². The van der Waals surface area contributed by atoms with Crippen LogP contribution in [0.5, 0.6) is 5.75 Å². The molecule has 5 rings (SSSR count). The number of aliphatic hydroxyl groups is 1. The molecule has 7 heteroatoms. The lowest BCUT2D eigenvalue weighted by molar-refractivity contribution is -0.121. The van der Waals surface area contributed by atoms with Gasteiger partial charge in [0.25, 0.3) is 0 Å². The van der Waals surface area contributed by atoms with Crippen LogP contribution in [0.25, 0.3) is 0 Å². The second-order valence-electron chi connectivity index (χ2n) is 7.93. The van der Waals surface area contributed by atoms with Gasteiger partial charge in [0.05, 0.1) is 23.0 Å². The summed E-state index contributed by atoms with van der Waals surface area (Å²) in [6.07, 6.45) is 2.61. The highest BCUT2D eigenvalue weighted by Crippen LogP contribution is 2.52. The Morgan fingerprint density at radius 3 is 2.70 bits per heavy atom. The van der Waals surface area contributed by atoms with E-state index in [2.05, 4.69) is 27.4 Å². The highest BCUT2D eigenvalue weighted by atomic mass is 16.5. The largest absolute Gasteiger partial charge is 0.489 e. The number of hydrogen-bond donors (Lipinski definition) is 3. The Morgan fingerprint density at radius 2 is 1.93 bits per heavy atom. The average Bonchev–Trinajstić information content (AvgIpc) is 3.47. The fourth-order valence-corrected chi connectivity index (χ4v) is 4.11. The molecule has 0 bridgehead atoms. The van der Waals surface area contributed by atoms with E-state index >= 15 is 0 Å². The van der Waals surface area contributed by atoms with E-state index in [1.54, 1.807) is 18.1 Å². The monoisotopic (exact) mass is 404 g/mol. The van der Waals surface area contributed by atoms with Crippen molar-refractivity contribution >= 4 is 11.6 Å². The number of para-hydroxylation sites is 2. The Hall–Kier alpha value is -3.16. The lowest BCUT2D eigenvalue weighted by atomic mass is 9.95. The first kappa shape index (κ1) is 18.8. The maximum Gasteiger partial charge on any atom is 0.247 e. The molecule has 1 unspecified atom stereocenters. The summed E-state index contributed by atoms with van der Waals surface area (Å²) in [5.74, 6) is 1.33. The van der Waals surface area contributed by atoms with Gasteiger partial charge >= 0.3 is 0 Å². The van der Waals surface area contributed by atoms with Crippen LogP contribution in [-0.2, 0) is 10.2 Å². The molecule has 0 radical (unpaired) electrons. The van der Waals surface area contributed by atoms with E-state index in [-0.39, 0.29) is 17.9 Å². The molecule has 1 fully saturated rings. The first-order chi connectivity index (χ1) is 14.6. The van der Waals surface area contributed by atoms with Crippen LogP contribution in [0.2, 0.25) is 0 Å². The number of amides is 1. The molecule has 1 saturated carbocycles. The predicted octanol–water partition coefficient (Wildman–Crippen LogP) is 2.49. The number of anilines is 1. The van der Waals surface area contributed by atoms with Gasteiger partial charge in [-0.2, -0.15) is 0 Å². The Bertz CT molecular complexity index is 1060. The Kier molecular flexibility index (Phi) is 4.56. The first-order valence-corrected chi connectivity index (χ1v) is 10.1. The van der Waals surface area contributed by atoms with Crippen LogP contribution in [0.15, 0.2) is 60.8 Å². The molecular weight excluding hydrogens is 380 g/mol. The van der Waals surface area contributed by atoms with Gasteiger partial charge < -0.3 is 19.7 Å². The van der Waals surface area contributed by atoms with Gasteiger partial charge in [0.15, 0.2) is 0 Å². The quantitative estimate of drug-likeness (QED) is 0.569. The molecular formula is C23H24N4O3. The third-order valence-corrected chi connectivity index (χ3v) is 6.04. The molecule has 1 aromatic heterocycles. The number of nitrogens with zero attached hydrogens (tertiary/aromatic N) is 2. The number of aromatic nitrogens is 2. The van der Waals surface area contributed by atoms with E-state index in [0.29, 0.717) is 17.1 Å². The Labute approximate surface area is 174 Å². The third kappa shape index (κ3) is 3.16. The topological polar surface area (TPSA) is 90.5 Å². The number of likely N-dealkylation sites (N-methyl/N-ethyl adjacent to an activating group) is 1. The number of rotatable bonds is 5. The van der Waals surface area contributed by atoms with Crippen LogP contribution in [0.1, 0.15) is 36.2 Å². The van der Waals surface area contributed by atoms with Crippen LogP contribution in [0.4, 0.5) is 5.69 Å². The Balaban J connectivity index is 1.32. The highest BCUT2D eigenvalue weighted by Gasteiger charge is 2.48. The smallest absolute Gasteiger partial charge is 0.247 e. The molecule has 3 aromatic rings. The van der Waals surface area contributed by atoms with E-state index in [1.165, 1.54) is 5.56 Å². The van der Waals surface area contributed by atoms with Crippen LogP contribution >= 0.6 is 0 Å². The zero-order valence-electron chi connectivity index (χ0n) is 16.7. The van der Waals surface area contributed by atoms with Crippen molar-refractivity contribution in [1.29, 1.82) is 0 Å². The van der Waals surface area contributed by atoms with Crippen LogP contribution in [0.3, 0.4) is 0 Å². The summed E-state index contributed by atoms with van der Waals surface area (Å²) in [6, 6.07) is 17.0. The molecule has 2 aromatic carbocycles. The molecule has 7 nitrogen and oxygen atoms in total. The van der Waals surface area contributed by atoms with Crippen molar-refractivity contribution in [3.63, 3.8) is 0 Å². The predicted molar refractivity (Wildman–Crippen MR) is 112 cm³/mol. The van der Waals surface area contributed by atoms with Crippen LogP contribution in [0, 0.1) is 0 Å². The van der Waals surface area contributed by atoms with Gasteiger partial charge in [0.2, 0.25) is 5.91 Å². The molecule has 0 spiro atoms. The third-order valence-electron chi connectivity index (χ3n) is 6.04. The van der Waals surface area contributed by atoms with Gasteiger partial charge in [-0.3, -0.25) is 10.1 Å². The zero-order valence-corrected chi connectivity index (χ0v) is 16.7. The van der Waals surface area contributed by atoms with E-state index < -0.39 is 12.3 Å². The molecule has 0 saturated heterocycles. The van der Waals surface area contributed by atoms with Gasteiger partial charge in [0.1, 0.15) is 30.5 Å². The van der Waals surface area contributed by atoms with E-state index in [1.807, 2.05) is 42.5 Å². The maximum absolute atomic E-state index is 12.9. The SMILES string of the molecule is CN1C(=O)[C@@H](NC(O)c2cnc(C3(c4ccccc4)CC3)[nH]2)COc2ccccc21. The minimum absolute atomic E-state index is 0.109. The lowest BCUT2D eigenvalue weighted by Gasteiger charge is -2.22. The number of carbonyl (C=O) groups is 1. The number of aromatic amines is 1. The summed E-state index contributed by atoms with van der Waals surface area (Å²) in [4.78, 5) is 22.3. The molecule has 154 valence electrons. The van der Waals surface area contributed by atoms with E-state index in [9.17, 15) is 9.90 Å². The molecule has 2 aliphatic rings. The first-order valence-electron chi connectivity index (χ1n) is 10.1. The number of imidazole rings is 1.